The summed E-state index contributed by atoms with van der Waals surface area (Å²) in [4.78, 5) is 22.6. The lowest BCUT2D eigenvalue weighted by molar-refractivity contribution is 0.102. The highest BCUT2D eigenvalue weighted by Gasteiger charge is 2.14. The van der Waals surface area contributed by atoms with Crippen LogP contribution in [0, 0.1) is 6.92 Å². The van der Waals surface area contributed by atoms with Gasteiger partial charge in [-0.1, -0.05) is 64.7 Å². The smallest absolute Gasteiger partial charge is 0.259 e. The molecule has 5 nitrogen and oxygen atoms in total. The zero-order valence-corrected chi connectivity index (χ0v) is 20.3. The molecule has 2 aromatic carbocycles. The highest BCUT2D eigenvalue weighted by Crippen LogP contribution is 2.29. The molecule has 0 bridgehead atoms. The molecule has 7 heteroatoms. The first-order valence-electron chi connectivity index (χ1n) is 9.91. The fourth-order valence-electron chi connectivity index (χ4n) is 2.98. The van der Waals surface area contributed by atoms with Gasteiger partial charge in [-0.25, -0.2) is 9.97 Å². The van der Waals surface area contributed by atoms with Gasteiger partial charge in [-0.15, -0.1) is 0 Å². The van der Waals surface area contributed by atoms with Gasteiger partial charge >= 0.3 is 0 Å². The molecule has 0 radical (unpaired) electrons. The Kier molecular flexibility index (Phi) is 7.39. The number of carbonyl (C=O) groups is 1. The van der Waals surface area contributed by atoms with E-state index in [4.69, 9.17) is 4.74 Å². The van der Waals surface area contributed by atoms with E-state index in [1.807, 2.05) is 43.3 Å². The van der Waals surface area contributed by atoms with Crippen molar-refractivity contribution in [2.45, 2.75) is 21.3 Å². The van der Waals surface area contributed by atoms with E-state index in [9.17, 15) is 4.79 Å². The number of anilines is 1. The monoisotopic (exact) mass is 553 g/mol. The number of rotatable bonds is 7. The summed E-state index contributed by atoms with van der Waals surface area (Å²) in [7, 11) is 0. The number of pyridine rings is 2. The number of amides is 1. The number of hydrogen-bond donors (Lipinski definition) is 1. The second-order valence-electron chi connectivity index (χ2n) is 6.94. The van der Waals surface area contributed by atoms with Crippen LogP contribution < -0.4 is 10.1 Å². The van der Waals surface area contributed by atoms with Crippen LogP contribution in [0.1, 0.15) is 21.5 Å². The molecule has 0 aliphatic rings. The van der Waals surface area contributed by atoms with E-state index >= 15 is 0 Å². The first-order valence-corrected chi connectivity index (χ1v) is 12.3. The number of carbonyl (C=O) groups excluding carboxylic acids is 1. The highest BCUT2D eigenvalue weighted by molar-refractivity contribution is 14.1. The molecule has 160 valence electrons. The van der Waals surface area contributed by atoms with Crippen LogP contribution in [-0.4, -0.2) is 15.9 Å². The zero-order valence-electron chi connectivity index (χ0n) is 17.3. The van der Waals surface area contributed by atoms with E-state index < -0.39 is 0 Å². The molecule has 2 heterocycles. The van der Waals surface area contributed by atoms with Crippen molar-refractivity contribution in [3.8, 4) is 11.5 Å². The van der Waals surface area contributed by atoms with Crippen molar-refractivity contribution >= 4 is 46.1 Å². The number of benzene rings is 2. The van der Waals surface area contributed by atoms with Crippen molar-refractivity contribution in [1.82, 2.24) is 9.97 Å². The van der Waals surface area contributed by atoms with Crippen LogP contribution in [0.3, 0.4) is 0 Å². The molecule has 0 saturated carbocycles. The van der Waals surface area contributed by atoms with E-state index in [1.54, 1.807) is 36.7 Å². The Morgan fingerprint density at radius 1 is 1.03 bits per heavy atom. The number of nitrogens with one attached hydrogen (secondary N) is 1. The molecular formula is C25H20IN3O2S. The number of nitrogens with zero attached hydrogens (tertiary/aromatic N) is 2. The maximum absolute atomic E-state index is 12.9. The van der Waals surface area contributed by atoms with Crippen LogP contribution in [-0.2, 0) is 4.43 Å². The Bertz CT molecular complexity index is 1220. The molecule has 1 N–H and O–H groups in total. The minimum absolute atomic E-state index is 0.261. The van der Waals surface area contributed by atoms with E-state index in [2.05, 4.69) is 50.0 Å². The average molecular weight is 553 g/mol. The number of halogens is 1. The third kappa shape index (κ3) is 5.66. The summed E-state index contributed by atoms with van der Waals surface area (Å²) in [5.74, 6) is 1.58. The highest BCUT2D eigenvalue weighted by atomic mass is 127. The minimum Gasteiger partial charge on any atom is -0.455 e. The van der Waals surface area contributed by atoms with Gasteiger partial charge < -0.3 is 10.1 Å². The third-order valence-electron chi connectivity index (χ3n) is 4.57. The van der Waals surface area contributed by atoms with E-state index in [0.717, 1.165) is 20.6 Å². The topological polar surface area (TPSA) is 64.1 Å². The molecular weight excluding hydrogens is 533 g/mol. The molecule has 0 spiro atoms. The van der Waals surface area contributed by atoms with Gasteiger partial charge in [-0.3, -0.25) is 4.79 Å². The van der Waals surface area contributed by atoms with Crippen LogP contribution in [0.2, 0.25) is 0 Å². The first kappa shape index (κ1) is 22.3. The van der Waals surface area contributed by atoms with Crippen LogP contribution >= 0.6 is 34.4 Å². The van der Waals surface area contributed by atoms with Crippen LogP contribution in [0.5, 0.6) is 11.5 Å². The number of aryl methyl sites for hydroxylation is 1. The van der Waals surface area contributed by atoms with Gasteiger partial charge in [0.1, 0.15) is 22.3 Å². The maximum atomic E-state index is 12.9. The van der Waals surface area contributed by atoms with Crippen molar-refractivity contribution in [1.29, 1.82) is 0 Å². The molecule has 0 saturated heterocycles. The normalized spacial score (nSPS) is 10.6. The molecule has 4 rings (SSSR count). The standard InChI is InChI=1S/C25H20IN3O2S/c1-17-14-18(15-26)9-11-22(17)31-19-10-12-23(28-16-19)29-24(30)21-8-5-13-27-25(21)32-20-6-3-2-4-7-20/h2-14,16H,15H2,1H3,(H,28,29,30). The largest absolute Gasteiger partial charge is 0.455 e. The Labute approximate surface area is 204 Å². The van der Waals surface area contributed by atoms with Gasteiger partial charge in [0.2, 0.25) is 0 Å². The van der Waals surface area contributed by atoms with E-state index in [0.29, 0.717) is 22.2 Å². The summed E-state index contributed by atoms with van der Waals surface area (Å²) in [5, 5.41) is 3.48. The molecule has 0 unspecified atom stereocenters. The van der Waals surface area contributed by atoms with Crippen molar-refractivity contribution in [3.63, 3.8) is 0 Å². The minimum atomic E-state index is -0.261. The van der Waals surface area contributed by atoms with Crippen molar-refractivity contribution in [2.75, 3.05) is 5.32 Å². The number of alkyl halides is 1. The summed E-state index contributed by atoms with van der Waals surface area (Å²) < 4.78 is 6.90. The van der Waals surface area contributed by atoms with Gasteiger partial charge in [0.15, 0.2) is 0 Å². The predicted octanol–water partition coefficient (Wildman–Crippen LogP) is 6.92. The zero-order chi connectivity index (χ0) is 22.3. The van der Waals surface area contributed by atoms with Gasteiger partial charge in [0.05, 0.1) is 11.8 Å². The summed E-state index contributed by atoms with van der Waals surface area (Å²) in [6, 6.07) is 23.0. The summed E-state index contributed by atoms with van der Waals surface area (Å²) in [6.45, 7) is 2.02. The number of hydrogen-bond acceptors (Lipinski definition) is 5. The fourth-order valence-corrected chi connectivity index (χ4v) is 4.35. The summed E-state index contributed by atoms with van der Waals surface area (Å²) in [5.41, 5.74) is 2.82. The lowest BCUT2D eigenvalue weighted by atomic mass is 10.1. The van der Waals surface area contributed by atoms with Crippen LogP contribution in [0.25, 0.3) is 0 Å². The third-order valence-corrected chi connectivity index (χ3v) is 6.48. The molecule has 32 heavy (non-hydrogen) atoms. The second-order valence-corrected chi connectivity index (χ2v) is 8.77. The van der Waals surface area contributed by atoms with Crippen molar-refractivity contribution in [2.24, 2.45) is 0 Å². The van der Waals surface area contributed by atoms with Crippen LogP contribution in [0.4, 0.5) is 5.82 Å². The predicted molar refractivity (Wildman–Crippen MR) is 136 cm³/mol. The second kappa shape index (κ2) is 10.6. The number of ether oxygens (including phenoxy) is 1. The molecule has 0 aliphatic carbocycles. The molecule has 0 atom stereocenters. The van der Waals surface area contributed by atoms with Gasteiger partial charge in [0, 0.05) is 15.5 Å². The van der Waals surface area contributed by atoms with Gasteiger partial charge in [0.25, 0.3) is 5.91 Å². The molecule has 0 aliphatic heterocycles. The first-order chi connectivity index (χ1) is 15.6. The quantitative estimate of drug-likeness (QED) is 0.199. The maximum Gasteiger partial charge on any atom is 0.259 e. The molecule has 4 aromatic rings. The Morgan fingerprint density at radius 2 is 1.88 bits per heavy atom. The Hall–Kier alpha value is -2.91. The molecule has 2 aromatic heterocycles. The lowest BCUT2D eigenvalue weighted by Crippen LogP contribution is -2.14. The SMILES string of the molecule is Cc1cc(CI)ccc1Oc1ccc(NC(=O)c2cccnc2Sc2ccccc2)nc1. The average Bonchev–Trinajstić information content (AvgIpc) is 2.82. The van der Waals surface area contributed by atoms with E-state index in [-0.39, 0.29) is 5.91 Å². The van der Waals surface area contributed by atoms with Gasteiger partial charge in [-0.2, -0.15) is 0 Å². The number of aromatic nitrogens is 2. The Balaban J connectivity index is 1.44. The van der Waals surface area contributed by atoms with Crippen LogP contribution in [0.15, 0.2) is 95.1 Å². The fraction of sp³-hybridized carbons (Fsp3) is 0.0800. The molecule has 0 fully saturated rings. The Morgan fingerprint density at radius 3 is 2.59 bits per heavy atom. The van der Waals surface area contributed by atoms with Gasteiger partial charge in [-0.05, 0) is 60.5 Å². The van der Waals surface area contributed by atoms with E-state index in [1.165, 1.54) is 17.3 Å². The van der Waals surface area contributed by atoms with Crippen molar-refractivity contribution in [3.05, 3.63) is 102 Å². The lowest BCUT2D eigenvalue weighted by Gasteiger charge is -2.11. The summed E-state index contributed by atoms with van der Waals surface area (Å²) in [6.07, 6.45) is 3.28. The summed E-state index contributed by atoms with van der Waals surface area (Å²) >= 11 is 3.79. The van der Waals surface area contributed by atoms with Crippen molar-refractivity contribution < 1.29 is 9.53 Å². The molecule has 1 amide bonds.